The predicted octanol–water partition coefficient (Wildman–Crippen LogP) is 4.10. The van der Waals surface area contributed by atoms with Gasteiger partial charge >= 0.3 is 5.63 Å². The summed E-state index contributed by atoms with van der Waals surface area (Å²) in [5.41, 5.74) is 3.72. The van der Waals surface area contributed by atoms with Crippen molar-refractivity contribution in [1.82, 2.24) is 4.90 Å². The first-order valence-corrected chi connectivity index (χ1v) is 9.82. The van der Waals surface area contributed by atoms with Crippen LogP contribution in [0.1, 0.15) is 24.0 Å². The Balaban J connectivity index is 1.57. The van der Waals surface area contributed by atoms with E-state index < -0.39 is 0 Å². The van der Waals surface area contributed by atoms with Gasteiger partial charge in [-0.15, -0.1) is 0 Å². The molecule has 1 aromatic heterocycles. The second-order valence-corrected chi connectivity index (χ2v) is 7.59. The molecule has 2 aliphatic heterocycles. The average Bonchev–Trinajstić information content (AvgIpc) is 3.22. The van der Waals surface area contributed by atoms with Crippen LogP contribution in [0.3, 0.4) is 0 Å². The highest BCUT2D eigenvalue weighted by atomic mass is 16.5. The maximum Gasteiger partial charge on any atom is 0.344 e. The van der Waals surface area contributed by atoms with E-state index in [-0.39, 0.29) is 11.7 Å². The van der Waals surface area contributed by atoms with E-state index >= 15 is 0 Å². The van der Waals surface area contributed by atoms with E-state index in [1.54, 1.807) is 0 Å². The lowest BCUT2D eigenvalue weighted by molar-refractivity contribution is 0.0281. The van der Waals surface area contributed by atoms with Gasteiger partial charge in [-0.2, -0.15) is 0 Å². The minimum absolute atomic E-state index is 0.263. The molecule has 0 radical (unpaired) electrons. The number of benzene rings is 2. The van der Waals surface area contributed by atoms with Gasteiger partial charge in [0, 0.05) is 25.1 Å². The highest BCUT2D eigenvalue weighted by Gasteiger charge is 2.26. The van der Waals surface area contributed by atoms with Gasteiger partial charge in [0.05, 0.1) is 17.2 Å². The summed E-state index contributed by atoms with van der Waals surface area (Å²) in [6.45, 7) is 4.89. The maximum absolute atomic E-state index is 12.9. The summed E-state index contributed by atoms with van der Waals surface area (Å²) >= 11 is 0. The first-order valence-electron chi connectivity index (χ1n) is 9.82. The fraction of sp³-hybridized carbons (Fsp3) is 0.348. The Morgan fingerprint density at radius 3 is 2.79 bits per heavy atom. The number of rotatable bonds is 3. The van der Waals surface area contributed by atoms with Gasteiger partial charge in [-0.3, -0.25) is 4.90 Å². The van der Waals surface area contributed by atoms with Crippen molar-refractivity contribution in [2.45, 2.75) is 32.4 Å². The first-order chi connectivity index (χ1) is 13.7. The Labute approximate surface area is 163 Å². The van der Waals surface area contributed by atoms with Gasteiger partial charge in [0.15, 0.2) is 0 Å². The predicted molar refractivity (Wildman–Crippen MR) is 108 cm³/mol. The van der Waals surface area contributed by atoms with Gasteiger partial charge < -0.3 is 13.9 Å². The van der Waals surface area contributed by atoms with Crippen LogP contribution in [0.15, 0.2) is 51.7 Å². The topological polar surface area (TPSA) is 51.9 Å². The van der Waals surface area contributed by atoms with E-state index in [2.05, 4.69) is 4.90 Å². The Kier molecular flexibility index (Phi) is 4.41. The highest BCUT2D eigenvalue weighted by molar-refractivity contribution is 5.90. The smallest absolute Gasteiger partial charge is 0.344 e. The molecule has 0 spiro atoms. The molecule has 0 aliphatic carbocycles. The van der Waals surface area contributed by atoms with Crippen LogP contribution in [0.5, 0.6) is 5.75 Å². The number of nitrogens with zero attached hydrogens (tertiary/aromatic N) is 1. The normalized spacial score (nSPS) is 19.5. The number of hydrogen-bond acceptors (Lipinski definition) is 5. The lowest BCUT2D eigenvalue weighted by Crippen LogP contribution is -2.37. The molecular formula is C23H23NO4. The third-order valence-electron chi connectivity index (χ3n) is 5.73. The molecule has 2 aromatic carbocycles. The highest BCUT2D eigenvalue weighted by Crippen LogP contribution is 2.35. The molecular weight excluding hydrogens is 354 g/mol. The van der Waals surface area contributed by atoms with Crippen LogP contribution in [0.25, 0.3) is 22.1 Å². The molecule has 5 rings (SSSR count). The van der Waals surface area contributed by atoms with E-state index in [4.69, 9.17) is 13.9 Å². The molecule has 1 atom stereocenters. The first kappa shape index (κ1) is 17.5. The van der Waals surface area contributed by atoms with Crippen LogP contribution in [-0.4, -0.2) is 30.9 Å². The van der Waals surface area contributed by atoms with Crippen LogP contribution in [0.2, 0.25) is 0 Å². The van der Waals surface area contributed by atoms with Crippen molar-refractivity contribution in [2.24, 2.45) is 0 Å². The fourth-order valence-electron chi connectivity index (χ4n) is 4.30. The summed E-state index contributed by atoms with van der Waals surface area (Å²) in [5, 5.41) is 0.958. The van der Waals surface area contributed by atoms with Crippen molar-refractivity contribution in [3.63, 3.8) is 0 Å². The Hall–Kier alpha value is -2.63. The molecule has 0 amide bonds. The zero-order valence-electron chi connectivity index (χ0n) is 15.9. The summed E-state index contributed by atoms with van der Waals surface area (Å²) in [6.07, 6.45) is 2.47. The summed E-state index contributed by atoms with van der Waals surface area (Å²) in [5.74, 6) is 0.797. The SMILES string of the molecule is Cc1c(-c2ccccc2)c(=O)oc2c3c(ccc12)OCN(C[C@H]1CCCO1)C3. The van der Waals surface area contributed by atoms with Gasteiger partial charge in [-0.25, -0.2) is 4.79 Å². The summed E-state index contributed by atoms with van der Waals surface area (Å²) in [7, 11) is 0. The van der Waals surface area contributed by atoms with E-state index in [9.17, 15) is 4.79 Å². The molecule has 3 aromatic rings. The number of hydrogen-bond donors (Lipinski definition) is 0. The van der Waals surface area contributed by atoms with Crippen LogP contribution >= 0.6 is 0 Å². The van der Waals surface area contributed by atoms with Gasteiger partial charge in [0.2, 0.25) is 0 Å². The quantitative estimate of drug-likeness (QED) is 0.643. The molecule has 2 aliphatic rings. The zero-order chi connectivity index (χ0) is 19.1. The van der Waals surface area contributed by atoms with E-state index in [1.807, 2.05) is 49.4 Å². The van der Waals surface area contributed by atoms with Crippen molar-refractivity contribution in [3.05, 3.63) is 64.0 Å². The molecule has 0 N–H and O–H groups in total. The van der Waals surface area contributed by atoms with E-state index in [0.717, 1.165) is 53.8 Å². The summed E-state index contributed by atoms with van der Waals surface area (Å²) < 4.78 is 17.6. The number of ether oxygens (including phenoxy) is 2. The van der Waals surface area contributed by atoms with Crippen molar-refractivity contribution in [1.29, 1.82) is 0 Å². The third-order valence-corrected chi connectivity index (χ3v) is 5.73. The van der Waals surface area contributed by atoms with Crippen molar-refractivity contribution in [3.8, 4) is 16.9 Å². The van der Waals surface area contributed by atoms with Gasteiger partial charge in [0.25, 0.3) is 0 Å². The Morgan fingerprint density at radius 2 is 2.00 bits per heavy atom. The number of fused-ring (bicyclic) bond motifs is 3. The average molecular weight is 377 g/mol. The Bertz CT molecular complexity index is 1070. The lowest BCUT2D eigenvalue weighted by atomic mass is 9.97. The zero-order valence-corrected chi connectivity index (χ0v) is 15.9. The van der Waals surface area contributed by atoms with E-state index in [0.29, 0.717) is 24.4 Å². The fourth-order valence-corrected chi connectivity index (χ4v) is 4.30. The summed E-state index contributed by atoms with van der Waals surface area (Å²) in [4.78, 5) is 15.1. The van der Waals surface area contributed by atoms with Crippen LogP contribution in [0.4, 0.5) is 0 Å². The van der Waals surface area contributed by atoms with Crippen molar-refractivity contribution >= 4 is 11.0 Å². The molecule has 0 unspecified atom stereocenters. The van der Waals surface area contributed by atoms with Crippen molar-refractivity contribution < 1.29 is 13.9 Å². The molecule has 5 nitrogen and oxygen atoms in total. The number of aryl methyl sites for hydroxylation is 1. The van der Waals surface area contributed by atoms with Crippen molar-refractivity contribution in [2.75, 3.05) is 19.9 Å². The second-order valence-electron chi connectivity index (χ2n) is 7.59. The van der Waals surface area contributed by atoms with E-state index in [1.165, 1.54) is 0 Å². The molecule has 144 valence electrons. The molecule has 0 saturated carbocycles. The second kappa shape index (κ2) is 7.08. The molecule has 0 bridgehead atoms. The molecule has 28 heavy (non-hydrogen) atoms. The molecule has 1 saturated heterocycles. The standard InChI is InChI=1S/C23H23NO4/c1-15-18-9-10-20-19(13-24(14-27-20)12-17-8-5-11-26-17)22(18)28-23(25)21(15)16-6-3-2-4-7-16/h2-4,6-7,9-10,17H,5,8,11-14H2,1H3/t17-/m1/s1. The Morgan fingerprint density at radius 1 is 1.14 bits per heavy atom. The molecule has 5 heteroatoms. The molecule has 1 fully saturated rings. The van der Waals surface area contributed by atoms with Crippen LogP contribution in [0, 0.1) is 6.92 Å². The van der Waals surface area contributed by atoms with Gasteiger partial charge in [-0.1, -0.05) is 30.3 Å². The van der Waals surface area contributed by atoms with Gasteiger partial charge in [-0.05, 0) is 43.0 Å². The lowest BCUT2D eigenvalue weighted by Gasteiger charge is -2.30. The van der Waals surface area contributed by atoms with Gasteiger partial charge in [0.1, 0.15) is 18.1 Å². The summed E-state index contributed by atoms with van der Waals surface area (Å²) in [6, 6.07) is 13.7. The minimum atomic E-state index is -0.305. The van der Waals surface area contributed by atoms with Crippen LogP contribution in [-0.2, 0) is 11.3 Å². The maximum atomic E-state index is 12.9. The monoisotopic (exact) mass is 377 g/mol. The largest absolute Gasteiger partial charge is 0.478 e. The minimum Gasteiger partial charge on any atom is -0.478 e. The molecule has 3 heterocycles. The van der Waals surface area contributed by atoms with Crippen LogP contribution < -0.4 is 10.4 Å². The third kappa shape index (κ3) is 3.01.